The van der Waals surface area contributed by atoms with Crippen LogP contribution in [0.4, 0.5) is 4.39 Å². The number of phenolic OH excluding ortho intramolecular Hbond substituents is 1. The number of nitrogens with one attached hydrogen (secondary N) is 1. The zero-order valence-corrected chi connectivity index (χ0v) is 11.6. The lowest BCUT2D eigenvalue weighted by Crippen LogP contribution is -2.09. The monoisotopic (exact) mass is 334 g/mol. The maximum atomic E-state index is 13.4. The number of halogens is 2. The molecule has 0 aliphatic carbocycles. The fraction of sp³-hybridized carbons (Fsp3) is 0. The van der Waals surface area contributed by atoms with E-state index in [1.165, 1.54) is 12.1 Å². The van der Waals surface area contributed by atoms with Gasteiger partial charge in [-0.15, -0.1) is 0 Å². The highest BCUT2D eigenvalue weighted by Gasteiger charge is 2.09. The molecule has 2 N–H and O–H groups in total. The first-order chi connectivity index (χ1) is 9.54. The number of hydrogen-bond donors (Lipinski definition) is 2. The van der Waals surface area contributed by atoms with Gasteiger partial charge in [0.1, 0.15) is 5.82 Å². The fourth-order valence-electron chi connectivity index (χ4n) is 1.90. The van der Waals surface area contributed by atoms with Crippen LogP contribution < -0.4 is 5.56 Å². The third-order valence-electron chi connectivity index (χ3n) is 2.89. The number of aromatic hydroxyl groups is 1. The van der Waals surface area contributed by atoms with E-state index in [1.807, 2.05) is 0 Å². The predicted octanol–water partition coefficient (Wildman–Crippen LogP) is 3.20. The summed E-state index contributed by atoms with van der Waals surface area (Å²) in [5, 5.41) is 9.62. The lowest BCUT2D eigenvalue weighted by molar-refractivity contribution is 0.432. The maximum absolute atomic E-state index is 13.4. The average Bonchev–Trinajstić information content (AvgIpc) is 2.42. The molecule has 3 rings (SSSR count). The minimum Gasteiger partial charge on any atom is -0.505 e. The number of hydrogen-bond acceptors (Lipinski definition) is 3. The molecule has 0 saturated carbocycles. The zero-order chi connectivity index (χ0) is 14.3. The first-order valence-electron chi connectivity index (χ1n) is 5.73. The van der Waals surface area contributed by atoms with E-state index in [2.05, 4.69) is 25.9 Å². The van der Waals surface area contributed by atoms with E-state index in [-0.39, 0.29) is 11.4 Å². The standard InChI is InChI=1S/C14H8BrFN2O2/c15-8-2-3-11-9(6-8)14(20)18-13(17-11)7-1-4-12(19)10(16)5-7/h1-6,19H,(H,17,18,20). The van der Waals surface area contributed by atoms with Gasteiger partial charge in [-0.2, -0.15) is 0 Å². The Hall–Kier alpha value is -2.21. The third-order valence-corrected chi connectivity index (χ3v) is 3.38. The van der Waals surface area contributed by atoms with Crippen molar-refractivity contribution in [3.63, 3.8) is 0 Å². The Morgan fingerprint density at radius 1 is 1.20 bits per heavy atom. The van der Waals surface area contributed by atoms with Gasteiger partial charge in [0, 0.05) is 10.0 Å². The highest BCUT2D eigenvalue weighted by molar-refractivity contribution is 9.10. The van der Waals surface area contributed by atoms with Gasteiger partial charge in [0.2, 0.25) is 0 Å². The van der Waals surface area contributed by atoms with E-state index in [0.29, 0.717) is 16.5 Å². The molecule has 0 unspecified atom stereocenters. The van der Waals surface area contributed by atoms with Crippen molar-refractivity contribution in [2.24, 2.45) is 0 Å². The minimum absolute atomic E-state index is 0.253. The molecule has 0 fully saturated rings. The quantitative estimate of drug-likeness (QED) is 0.718. The number of benzene rings is 2. The summed E-state index contributed by atoms with van der Waals surface area (Å²) in [4.78, 5) is 18.9. The predicted molar refractivity (Wildman–Crippen MR) is 77.1 cm³/mol. The summed E-state index contributed by atoms with van der Waals surface area (Å²) in [5.74, 6) is -0.953. The molecule has 0 bridgehead atoms. The van der Waals surface area contributed by atoms with Crippen LogP contribution in [0.3, 0.4) is 0 Å². The number of H-pyrrole nitrogens is 1. The Morgan fingerprint density at radius 3 is 2.75 bits per heavy atom. The van der Waals surface area contributed by atoms with E-state index in [0.717, 1.165) is 10.5 Å². The van der Waals surface area contributed by atoms with E-state index >= 15 is 0 Å². The summed E-state index contributed by atoms with van der Waals surface area (Å²) in [6.45, 7) is 0. The molecule has 0 atom stereocenters. The Bertz CT molecular complexity index is 877. The Morgan fingerprint density at radius 2 is 2.00 bits per heavy atom. The molecule has 6 heteroatoms. The van der Waals surface area contributed by atoms with Crippen LogP contribution in [0, 0.1) is 5.82 Å². The molecule has 100 valence electrons. The summed E-state index contributed by atoms with van der Waals surface area (Å²) < 4.78 is 14.1. The summed E-state index contributed by atoms with van der Waals surface area (Å²) in [5.41, 5.74) is 0.599. The number of nitrogens with zero attached hydrogens (tertiary/aromatic N) is 1. The van der Waals surface area contributed by atoms with Gasteiger partial charge in [-0.3, -0.25) is 4.79 Å². The highest BCUT2D eigenvalue weighted by atomic mass is 79.9. The Kier molecular flexibility index (Phi) is 3.02. The second-order valence-electron chi connectivity index (χ2n) is 4.24. The molecule has 0 spiro atoms. The molecule has 1 heterocycles. The van der Waals surface area contributed by atoms with Crippen LogP contribution >= 0.6 is 15.9 Å². The van der Waals surface area contributed by atoms with E-state index < -0.39 is 11.6 Å². The summed E-state index contributed by atoms with van der Waals surface area (Å²) in [7, 11) is 0. The van der Waals surface area contributed by atoms with Crippen molar-refractivity contribution in [1.82, 2.24) is 9.97 Å². The van der Waals surface area contributed by atoms with Crippen LogP contribution in [0.1, 0.15) is 0 Å². The lowest BCUT2D eigenvalue weighted by atomic mass is 10.2. The van der Waals surface area contributed by atoms with Crippen LogP contribution in [0.15, 0.2) is 45.7 Å². The summed E-state index contributed by atoms with van der Waals surface area (Å²) in [6, 6.07) is 8.98. The number of aromatic nitrogens is 2. The van der Waals surface area contributed by atoms with Crippen molar-refractivity contribution in [2.75, 3.05) is 0 Å². The maximum Gasteiger partial charge on any atom is 0.259 e. The molecule has 0 aliphatic heterocycles. The van der Waals surface area contributed by atoms with E-state index in [4.69, 9.17) is 0 Å². The highest BCUT2D eigenvalue weighted by Crippen LogP contribution is 2.23. The second-order valence-corrected chi connectivity index (χ2v) is 5.16. The molecule has 20 heavy (non-hydrogen) atoms. The number of aromatic amines is 1. The molecular weight excluding hydrogens is 327 g/mol. The van der Waals surface area contributed by atoms with Gasteiger partial charge in [0.25, 0.3) is 5.56 Å². The van der Waals surface area contributed by atoms with Crippen molar-refractivity contribution in [1.29, 1.82) is 0 Å². The van der Waals surface area contributed by atoms with Crippen molar-refractivity contribution >= 4 is 26.8 Å². The van der Waals surface area contributed by atoms with E-state index in [1.54, 1.807) is 18.2 Å². The first kappa shape index (κ1) is 12.8. The van der Waals surface area contributed by atoms with Gasteiger partial charge in [0.15, 0.2) is 11.6 Å². The number of fused-ring (bicyclic) bond motifs is 1. The van der Waals surface area contributed by atoms with Crippen molar-refractivity contribution in [3.05, 3.63) is 57.0 Å². The first-order valence-corrected chi connectivity index (χ1v) is 6.52. The van der Waals surface area contributed by atoms with Crippen LogP contribution in [0.25, 0.3) is 22.3 Å². The van der Waals surface area contributed by atoms with Crippen LogP contribution in [-0.2, 0) is 0 Å². The SMILES string of the molecule is O=c1[nH]c(-c2ccc(O)c(F)c2)nc2ccc(Br)cc12. The Balaban J connectivity index is 2.24. The molecule has 4 nitrogen and oxygen atoms in total. The van der Waals surface area contributed by atoms with Crippen LogP contribution in [0.2, 0.25) is 0 Å². The van der Waals surface area contributed by atoms with Gasteiger partial charge in [-0.25, -0.2) is 9.37 Å². The molecule has 0 aliphatic rings. The smallest absolute Gasteiger partial charge is 0.259 e. The molecule has 0 amide bonds. The fourth-order valence-corrected chi connectivity index (χ4v) is 2.26. The topological polar surface area (TPSA) is 66.0 Å². The van der Waals surface area contributed by atoms with Gasteiger partial charge in [0.05, 0.1) is 10.9 Å². The van der Waals surface area contributed by atoms with Gasteiger partial charge in [-0.05, 0) is 36.4 Å². The largest absolute Gasteiger partial charge is 0.505 e. The van der Waals surface area contributed by atoms with Crippen LogP contribution in [-0.4, -0.2) is 15.1 Å². The van der Waals surface area contributed by atoms with E-state index in [9.17, 15) is 14.3 Å². The third kappa shape index (κ3) is 2.18. The Labute approximate surface area is 121 Å². The zero-order valence-electron chi connectivity index (χ0n) is 10.0. The van der Waals surface area contributed by atoms with Crippen molar-refractivity contribution in [3.8, 4) is 17.1 Å². The van der Waals surface area contributed by atoms with Crippen LogP contribution in [0.5, 0.6) is 5.75 Å². The number of rotatable bonds is 1. The lowest BCUT2D eigenvalue weighted by Gasteiger charge is -2.04. The molecule has 0 saturated heterocycles. The van der Waals surface area contributed by atoms with Gasteiger partial charge < -0.3 is 10.1 Å². The molecule has 3 aromatic rings. The number of phenols is 1. The summed E-state index contributed by atoms with van der Waals surface area (Å²) in [6.07, 6.45) is 0. The molecular formula is C14H8BrFN2O2. The van der Waals surface area contributed by atoms with Gasteiger partial charge in [-0.1, -0.05) is 15.9 Å². The minimum atomic E-state index is -0.763. The summed E-state index contributed by atoms with van der Waals surface area (Å²) >= 11 is 3.29. The van der Waals surface area contributed by atoms with Crippen molar-refractivity contribution in [2.45, 2.75) is 0 Å². The molecule has 1 aromatic heterocycles. The molecule has 2 aromatic carbocycles. The molecule has 0 radical (unpaired) electrons. The average molecular weight is 335 g/mol. The normalized spacial score (nSPS) is 10.9. The van der Waals surface area contributed by atoms with Gasteiger partial charge >= 0.3 is 0 Å². The second kappa shape index (κ2) is 4.72. The van der Waals surface area contributed by atoms with Crippen molar-refractivity contribution < 1.29 is 9.50 Å².